The summed E-state index contributed by atoms with van der Waals surface area (Å²) in [5.41, 5.74) is 0.974. The minimum Gasteiger partial charge on any atom is -0.312 e. The highest BCUT2D eigenvalue weighted by Gasteiger charge is 2.19. The maximum atomic E-state index is 11.6. The minimum absolute atomic E-state index is 0.232. The normalized spacial score (nSPS) is 17.2. The first-order valence-electron chi connectivity index (χ1n) is 4.87. The molecule has 3 heteroatoms. The van der Waals surface area contributed by atoms with Crippen molar-refractivity contribution in [2.75, 3.05) is 11.4 Å². The molecule has 1 aliphatic heterocycles. The van der Waals surface area contributed by atoms with Crippen molar-refractivity contribution in [2.24, 2.45) is 0 Å². The molecular formula is C11H13NOS. The summed E-state index contributed by atoms with van der Waals surface area (Å²) in [7, 11) is 0. The Morgan fingerprint density at radius 2 is 2.14 bits per heavy atom. The zero-order valence-corrected chi connectivity index (χ0v) is 8.83. The molecule has 0 unspecified atom stereocenters. The second-order valence-electron chi connectivity index (χ2n) is 3.52. The Kier molecular flexibility index (Phi) is 2.77. The van der Waals surface area contributed by atoms with Crippen molar-refractivity contribution in [2.45, 2.75) is 24.2 Å². The van der Waals surface area contributed by atoms with Crippen LogP contribution in [0.25, 0.3) is 0 Å². The Balaban J connectivity index is 2.24. The lowest BCUT2D eigenvalue weighted by atomic mass is 10.1. The molecule has 2 rings (SSSR count). The minimum atomic E-state index is 0.232. The van der Waals surface area contributed by atoms with Gasteiger partial charge in [-0.2, -0.15) is 0 Å². The van der Waals surface area contributed by atoms with Crippen LogP contribution in [0, 0.1) is 0 Å². The zero-order chi connectivity index (χ0) is 9.97. The van der Waals surface area contributed by atoms with Gasteiger partial charge in [0.1, 0.15) is 0 Å². The van der Waals surface area contributed by atoms with Gasteiger partial charge < -0.3 is 4.90 Å². The lowest BCUT2D eigenvalue weighted by Crippen LogP contribution is -2.35. The molecule has 0 aliphatic carbocycles. The lowest BCUT2D eigenvalue weighted by molar-refractivity contribution is -0.119. The number of hydrogen-bond acceptors (Lipinski definition) is 2. The average molecular weight is 207 g/mol. The first-order chi connectivity index (χ1) is 6.77. The van der Waals surface area contributed by atoms with E-state index in [9.17, 15) is 4.79 Å². The Bertz CT molecular complexity index is 351. The molecule has 2 nitrogen and oxygen atoms in total. The van der Waals surface area contributed by atoms with Crippen LogP contribution in [-0.4, -0.2) is 12.5 Å². The standard InChI is InChI=1S/C11H13NOS/c13-11-6-1-2-7-12(11)9-4-3-5-10(14)8-9/h3-5,8,14H,1-2,6-7H2. The largest absolute Gasteiger partial charge is 0.312 e. The van der Waals surface area contributed by atoms with Gasteiger partial charge in [-0.05, 0) is 31.0 Å². The molecule has 1 aromatic rings. The smallest absolute Gasteiger partial charge is 0.226 e. The van der Waals surface area contributed by atoms with Crippen LogP contribution in [0.15, 0.2) is 29.2 Å². The summed E-state index contributed by atoms with van der Waals surface area (Å²) in [5, 5.41) is 0. The van der Waals surface area contributed by atoms with Gasteiger partial charge in [-0.1, -0.05) is 6.07 Å². The first kappa shape index (κ1) is 9.59. The van der Waals surface area contributed by atoms with Crippen molar-refractivity contribution < 1.29 is 4.79 Å². The van der Waals surface area contributed by atoms with E-state index >= 15 is 0 Å². The number of carbonyl (C=O) groups excluding carboxylic acids is 1. The summed E-state index contributed by atoms with van der Waals surface area (Å²) in [4.78, 5) is 14.4. The van der Waals surface area contributed by atoms with Gasteiger partial charge in [0, 0.05) is 23.5 Å². The number of piperidine rings is 1. The van der Waals surface area contributed by atoms with Crippen molar-refractivity contribution >= 4 is 24.2 Å². The van der Waals surface area contributed by atoms with Crippen molar-refractivity contribution in [3.05, 3.63) is 24.3 Å². The SMILES string of the molecule is O=C1CCCCN1c1cccc(S)c1. The zero-order valence-electron chi connectivity index (χ0n) is 7.94. The summed E-state index contributed by atoms with van der Waals surface area (Å²) in [6, 6.07) is 7.75. The van der Waals surface area contributed by atoms with Crippen LogP contribution >= 0.6 is 12.6 Å². The van der Waals surface area contributed by atoms with Gasteiger partial charge in [-0.25, -0.2) is 0 Å². The maximum Gasteiger partial charge on any atom is 0.226 e. The molecule has 0 N–H and O–H groups in total. The van der Waals surface area contributed by atoms with E-state index in [2.05, 4.69) is 12.6 Å². The van der Waals surface area contributed by atoms with E-state index in [1.165, 1.54) is 0 Å². The fourth-order valence-electron chi connectivity index (χ4n) is 1.74. The highest BCUT2D eigenvalue weighted by Crippen LogP contribution is 2.22. The third-order valence-corrected chi connectivity index (χ3v) is 2.74. The molecule has 0 bridgehead atoms. The predicted octanol–water partition coefficient (Wildman–Crippen LogP) is 2.49. The summed E-state index contributed by atoms with van der Waals surface area (Å²) in [5.74, 6) is 0.232. The van der Waals surface area contributed by atoms with Gasteiger partial charge in [-0.3, -0.25) is 4.79 Å². The van der Waals surface area contributed by atoms with Crippen molar-refractivity contribution in [1.82, 2.24) is 0 Å². The number of amides is 1. The number of hydrogen-bond donors (Lipinski definition) is 1. The van der Waals surface area contributed by atoms with Gasteiger partial charge in [0.05, 0.1) is 0 Å². The van der Waals surface area contributed by atoms with Gasteiger partial charge in [0.2, 0.25) is 5.91 Å². The second-order valence-corrected chi connectivity index (χ2v) is 4.04. The number of benzene rings is 1. The Hall–Kier alpha value is -0.960. The van der Waals surface area contributed by atoms with E-state index < -0.39 is 0 Å². The van der Waals surface area contributed by atoms with E-state index in [-0.39, 0.29) is 5.91 Å². The summed E-state index contributed by atoms with van der Waals surface area (Å²) in [6.07, 6.45) is 2.80. The van der Waals surface area contributed by atoms with E-state index in [4.69, 9.17) is 0 Å². The van der Waals surface area contributed by atoms with E-state index in [0.29, 0.717) is 6.42 Å². The highest BCUT2D eigenvalue weighted by molar-refractivity contribution is 7.80. The van der Waals surface area contributed by atoms with Crippen molar-refractivity contribution in [3.63, 3.8) is 0 Å². The Labute approximate surface area is 89.3 Å². The molecule has 0 saturated carbocycles. The molecule has 14 heavy (non-hydrogen) atoms. The lowest BCUT2D eigenvalue weighted by Gasteiger charge is -2.26. The molecule has 1 saturated heterocycles. The Morgan fingerprint density at radius 1 is 1.29 bits per heavy atom. The number of carbonyl (C=O) groups is 1. The summed E-state index contributed by atoms with van der Waals surface area (Å²) >= 11 is 4.27. The monoisotopic (exact) mass is 207 g/mol. The maximum absolute atomic E-state index is 11.6. The molecule has 1 aliphatic rings. The molecule has 1 amide bonds. The highest BCUT2D eigenvalue weighted by atomic mass is 32.1. The number of thiol groups is 1. The van der Waals surface area contributed by atoms with Gasteiger partial charge in [0.15, 0.2) is 0 Å². The number of nitrogens with zero attached hydrogens (tertiary/aromatic N) is 1. The van der Waals surface area contributed by atoms with Crippen LogP contribution in [0.1, 0.15) is 19.3 Å². The first-order valence-corrected chi connectivity index (χ1v) is 5.31. The third-order valence-electron chi connectivity index (χ3n) is 2.46. The van der Waals surface area contributed by atoms with Gasteiger partial charge in [-0.15, -0.1) is 12.6 Å². The molecule has 74 valence electrons. The topological polar surface area (TPSA) is 20.3 Å². The molecule has 1 fully saturated rings. The molecule has 0 radical (unpaired) electrons. The van der Waals surface area contributed by atoms with Crippen molar-refractivity contribution in [1.29, 1.82) is 0 Å². The fraction of sp³-hybridized carbons (Fsp3) is 0.364. The number of anilines is 1. The van der Waals surface area contributed by atoms with Crippen LogP contribution in [0.5, 0.6) is 0 Å². The molecule has 0 spiro atoms. The third kappa shape index (κ3) is 1.93. The number of rotatable bonds is 1. The Morgan fingerprint density at radius 3 is 2.86 bits per heavy atom. The van der Waals surface area contributed by atoms with Crippen LogP contribution in [0.3, 0.4) is 0 Å². The van der Waals surface area contributed by atoms with Gasteiger partial charge in [0.25, 0.3) is 0 Å². The molecule has 0 atom stereocenters. The average Bonchev–Trinajstić information content (AvgIpc) is 2.18. The van der Waals surface area contributed by atoms with Gasteiger partial charge >= 0.3 is 0 Å². The van der Waals surface area contributed by atoms with Crippen LogP contribution in [-0.2, 0) is 4.79 Å². The molecule has 0 aromatic heterocycles. The van der Waals surface area contributed by atoms with Crippen LogP contribution in [0.4, 0.5) is 5.69 Å². The van der Waals surface area contributed by atoms with E-state index in [1.807, 2.05) is 29.2 Å². The van der Waals surface area contributed by atoms with E-state index in [1.54, 1.807) is 0 Å². The molecule has 1 heterocycles. The molecular weight excluding hydrogens is 194 g/mol. The van der Waals surface area contributed by atoms with E-state index in [0.717, 1.165) is 30.0 Å². The summed E-state index contributed by atoms with van der Waals surface area (Å²) in [6.45, 7) is 0.843. The summed E-state index contributed by atoms with van der Waals surface area (Å²) < 4.78 is 0. The molecule has 1 aromatic carbocycles. The predicted molar refractivity (Wildman–Crippen MR) is 59.9 cm³/mol. The van der Waals surface area contributed by atoms with Crippen LogP contribution < -0.4 is 4.90 Å². The second kappa shape index (κ2) is 4.05. The fourth-order valence-corrected chi connectivity index (χ4v) is 1.96. The quantitative estimate of drug-likeness (QED) is 0.701. The van der Waals surface area contributed by atoms with Crippen LogP contribution in [0.2, 0.25) is 0 Å². The van der Waals surface area contributed by atoms with Crippen molar-refractivity contribution in [3.8, 4) is 0 Å².